The highest BCUT2D eigenvalue weighted by Gasteiger charge is 2.31. The van der Waals surface area contributed by atoms with E-state index in [2.05, 4.69) is 42.0 Å². The zero-order valence-electron chi connectivity index (χ0n) is 22.9. The number of piperidine rings is 1. The highest BCUT2D eigenvalue weighted by atomic mass is 35.5. The average Bonchev–Trinajstić information content (AvgIpc) is 2.96. The standard InChI is InChI=1S/C32H39ClFN3O2/c1-3-36(22-21-35(2)29-13-7-11-27(33)23-29)18-17-31(38)37-19-15-26(16-20-37)32(25-9-5-4-6-10-25)39-30-14-8-12-28(34)24-30/h4-14,23-24,26,32H,3,15-22H2,1-2H3. The number of nitrogens with zero attached hydrogens (tertiary/aromatic N) is 3. The van der Waals surface area contributed by atoms with Crippen molar-refractivity contribution in [2.24, 2.45) is 5.92 Å². The molecule has 0 spiro atoms. The molecule has 5 nitrogen and oxygen atoms in total. The molecule has 4 rings (SSSR count). The van der Waals surface area contributed by atoms with E-state index in [0.29, 0.717) is 25.3 Å². The van der Waals surface area contributed by atoms with E-state index < -0.39 is 0 Å². The van der Waals surface area contributed by atoms with Crippen molar-refractivity contribution >= 4 is 23.2 Å². The fourth-order valence-corrected chi connectivity index (χ4v) is 5.38. The van der Waals surface area contributed by atoms with Crippen LogP contribution in [0, 0.1) is 11.7 Å². The number of anilines is 1. The molecule has 0 N–H and O–H groups in total. The number of amides is 1. The number of rotatable bonds is 12. The summed E-state index contributed by atoms with van der Waals surface area (Å²) >= 11 is 6.14. The first-order valence-electron chi connectivity index (χ1n) is 13.9. The van der Waals surface area contributed by atoms with Crippen LogP contribution in [0.15, 0.2) is 78.9 Å². The summed E-state index contributed by atoms with van der Waals surface area (Å²) in [7, 11) is 2.06. The first kappa shape index (κ1) is 28.9. The first-order chi connectivity index (χ1) is 18.9. The molecule has 3 aromatic carbocycles. The Morgan fingerprint density at radius 1 is 1.00 bits per heavy atom. The molecule has 1 fully saturated rings. The lowest BCUT2D eigenvalue weighted by Gasteiger charge is -2.36. The summed E-state index contributed by atoms with van der Waals surface area (Å²) in [6, 6.07) is 24.3. The van der Waals surface area contributed by atoms with Gasteiger partial charge in [-0.05, 0) is 55.3 Å². The molecule has 0 radical (unpaired) electrons. The van der Waals surface area contributed by atoms with Gasteiger partial charge >= 0.3 is 0 Å². The Labute approximate surface area is 237 Å². The van der Waals surface area contributed by atoms with Crippen molar-refractivity contribution in [2.75, 3.05) is 51.2 Å². The Hall–Kier alpha value is -3.09. The van der Waals surface area contributed by atoms with Gasteiger partial charge in [0, 0.05) is 68.9 Å². The van der Waals surface area contributed by atoms with E-state index in [0.717, 1.165) is 55.3 Å². The van der Waals surface area contributed by atoms with Gasteiger partial charge in [-0.25, -0.2) is 4.39 Å². The van der Waals surface area contributed by atoms with Gasteiger partial charge in [-0.1, -0.05) is 61.0 Å². The molecule has 1 heterocycles. The van der Waals surface area contributed by atoms with Crippen LogP contribution in [-0.4, -0.2) is 62.0 Å². The van der Waals surface area contributed by atoms with Crippen LogP contribution in [0.4, 0.5) is 10.1 Å². The van der Waals surface area contributed by atoms with Crippen molar-refractivity contribution in [3.8, 4) is 5.75 Å². The molecular weight excluding hydrogens is 513 g/mol. The zero-order valence-corrected chi connectivity index (χ0v) is 23.7. The molecule has 0 saturated carbocycles. The number of likely N-dealkylation sites (N-methyl/N-ethyl adjacent to an activating group) is 2. The number of hydrogen-bond donors (Lipinski definition) is 0. The molecule has 1 atom stereocenters. The van der Waals surface area contributed by atoms with Crippen LogP contribution in [0.5, 0.6) is 5.75 Å². The molecular formula is C32H39ClFN3O2. The highest BCUT2D eigenvalue weighted by molar-refractivity contribution is 6.30. The second kappa shape index (κ2) is 14.3. The van der Waals surface area contributed by atoms with Crippen LogP contribution in [0.2, 0.25) is 5.02 Å². The second-order valence-corrected chi connectivity index (χ2v) is 10.6. The van der Waals surface area contributed by atoms with Gasteiger partial charge in [0.15, 0.2) is 0 Å². The van der Waals surface area contributed by atoms with Gasteiger partial charge in [-0.2, -0.15) is 0 Å². The Morgan fingerprint density at radius 3 is 2.44 bits per heavy atom. The van der Waals surface area contributed by atoms with Crippen LogP contribution in [0.25, 0.3) is 0 Å². The van der Waals surface area contributed by atoms with Crippen LogP contribution in [-0.2, 0) is 4.79 Å². The smallest absolute Gasteiger partial charge is 0.223 e. The maximum atomic E-state index is 13.8. The number of halogens is 2. The minimum Gasteiger partial charge on any atom is -0.485 e. The summed E-state index contributed by atoms with van der Waals surface area (Å²) in [5.41, 5.74) is 2.17. The summed E-state index contributed by atoms with van der Waals surface area (Å²) < 4.78 is 20.1. The monoisotopic (exact) mass is 551 g/mol. The zero-order chi connectivity index (χ0) is 27.6. The highest BCUT2D eigenvalue weighted by Crippen LogP contribution is 2.35. The summed E-state index contributed by atoms with van der Waals surface area (Å²) in [6.45, 7) is 6.94. The van der Waals surface area contributed by atoms with Gasteiger partial charge in [0.25, 0.3) is 0 Å². The lowest BCUT2D eigenvalue weighted by Crippen LogP contribution is -2.42. The average molecular weight is 552 g/mol. The Morgan fingerprint density at radius 2 is 1.74 bits per heavy atom. The Kier molecular flexibility index (Phi) is 10.6. The van der Waals surface area contributed by atoms with Gasteiger partial charge in [0.1, 0.15) is 17.7 Å². The van der Waals surface area contributed by atoms with E-state index in [-0.39, 0.29) is 23.7 Å². The summed E-state index contributed by atoms with van der Waals surface area (Å²) in [6.07, 6.45) is 2.03. The Balaban J connectivity index is 1.27. The van der Waals surface area contributed by atoms with E-state index in [1.54, 1.807) is 12.1 Å². The maximum absolute atomic E-state index is 13.8. The number of benzene rings is 3. The van der Waals surface area contributed by atoms with Crippen LogP contribution in [0.1, 0.15) is 37.9 Å². The van der Waals surface area contributed by atoms with E-state index in [1.807, 2.05) is 41.3 Å². The lowest BCUT2D eigenvalue weighted by atomic mass is 9.87. The fraction of sp³-hybridized carbons (Fsp3) is 0.406. The third-order valence-electron chi connectivity index (χ3n) is 7.60. The second-order valence-electron chi connectivity index (χ2n) is 10.2. The quantitative estimate of drug-likeness (QED) is 0.251. The van der Waals surface area contributed by atoms with Crippen molar-refractivity contribution in [2.45, 2.75) is 32.3 Å². The number of carbonyl (C=O) groups excluding carboxylic acids is 1. The number of ether oxygens (including phenoxy) is 1. The molecule has 1 saturated heterocycles. The number of likely N-dealkylation sites (tertiary alicyclic amines) is 1. The molecule has 1 aliphatic rings. The van der Waals surface area contributed by atoms with Gasteiger partial charge in [-0.3, -0.25) is 4.79 Å². The minimum atomic E-state index is -0.308. The molecule has 0 aliphatic carbocycles. The fourth-order valence-electron chi connectivity index (χ4n) is 5.19. The number of carbonyl (C=O) groups is 1. The normalized spacial score (nSPS) is 14.8. The molecule has 7 heteroatoms. The molecule has 1 aliphatic heterocycles. The molecule has 208 valence electrons. The largest absolute Gasteiger partial charge is 0.485 e. The Bertz CT molecular complexity index is 1190. The summed E-state index contributed by atoms with van der Waals surface area (Å²) in [5.74, 6) is 0.672. The van der Waals surface area contributed by atoms with Crippen LogP contribution >= 0.6 is 11.6 Å². The van der Waals surface area contributed by atoms with Crippen molar-refractivity contribution in [1.82, 2.24) is 9.80 Å². The maximum Gasteiger partial charge on any atom is 0.223 e. The van der Waals surface area contributed by atoms with Gasteiger partial charge < -0.3 is 19.4 Å². The molecule has 3 aromatic rings. The molecule has 1 amide bonds. The van der Waals surface area contributed by atoms with E-state index in [1.165, 1.54) is 12.1 Å². The van der Waals surface area contributed by atoms with E-state index in [4.69, 9.17) is 16.3 Å². The summed E-state index contributed by atoms with van der Waals surface area (Å²) in [4.78, 5) is 19.6. The van der Waals surface area contributed by atoms with E-state index >= 15 is 0 Å². The van der Waals surface area contributed by atoms with Crippen molar-refractivity contribution in [3.05, 3.63) is 95.3 Å². The van der Waals surface area contributed by atoms with Gasteiger partial charge in [0.05, 0.1) is 0 Å². The molecule has 0 bridgehead atoms. The predicted molar refractivity (Wildman–Crippen MR) is 157 cm³/mol. The molecule has 0 aromatic heterocycles. The van der Waals surface area contributed by atoms with E-state index in [9.17, 15) is 9.18 Å². The minimum absolute atomic E-state index is 0.183. The predicted octanol–water partition coefficient (Wildman–Crippen LogP) is 6.69. The lowest BCUT2D eigenvalue weighted by molar-refractivity contribution is -0.133. The van der Waals surface area contributed by atoms with Crippen LogP contribution < -0.4 is 9.64 Å². The van der Waals surface area contributed by atoms with Gasteiger partial charge in [0.2, 0.25) is 5.91 Å². The van der Waals surface area contributed by atoms with Crippen LogP contribution in [0.3, 0.4) is 0 Å². The SMILES string of the molecule is CCN(CCC(=O)N1CCC(C(Oc2cccc(F)c2)c2ccccc2)CC1)CCN(C)c1cccc(Cl)c1. The van der Waals surface area contributed by atoms with Gasteiger partial charge in [-0.15, -0.1) is 0 Å². The van der Waals surface area contributed by atoms with Crippen molar-refractivity contribution < 1.29 is 13.9 Å². The molecule has 39 heavy (non-hydrogen) atoms. The number of hydrogen-bond acceptors (Lipinski definition) is 4. The topological polar surface area (TPSA) is 36.0 Å². The third-order valence-corrected chi connectivity index (χ3v) is 7.83. The summed E-state index contributed by atoms with van der Waals surface area (Å²) in [5, 5.41) is 0.733. The van der Waals surface area contributed by atoms with Crippen molar-refractivity contribution in [3.63, 3.8) is 0 Å². The van der Waals surface area contributed by atoms with Crippen molar-refractivity contribution in [1.29, 1.82) is 0 Å². The third kappa shape index (κ3) is 8.45. The first-order valence-corrected chi connectivity index (χ1v) is 14.2. The molecule has 1 unspecified atom stereocenters.